The standard InChI is InChI=1S/C12H10/c1-3-9-4-2-6-11-8-7-10(5-1)12(9)11/h1-3,5-6,8H,4,7H2. The van der Waals surface area contributed by atoms with E-state index in [0.717, 1.165) is 12.8 Å². The van der Waals surface area contributed by atoms with E-state index in [2.05, 4.69) is 36.4 Å². The minimum Gasteiger partial charge on any atom is -0.0795 e. The van der Waals surface area contributed by atoms with E-state index in [0.29, 0.717) is 0 Å². The maximum Gasteiger partial charge on any atom is -0.00820 e. The van der Waals surface area contributed by atoms with Crippen molar-refractivity contribution in [1.82, 2.24) is 0 Å². The highest BCUT2D eigenvalue weighted by Gasteiger charge is 2.17. The lowest BCUT2D eigenvalue weighted by molar-refractivity contribution is 1.20. The van der Waals surface area contributed by atoms with Gasteiger partial charge in [0.05, 0.1) is 0 Å². The van der Waals surface area contributed by atoms with Gasteiger partial charge >= 0.3 is 0 Å². The van der Waals surface area contributed by atoms with E-state index in [1.807, 2.05) is 0 Å². The van der Waals surface area contributed by atoms with E-state index in [9.17, 15) is 0 Å². The molecule has 0 aliphatic heterocycles. The van der Waals surface area contributed by atoms with Gasteiger partial charge in [0.2, 0.25) is 0 Å². The first-order valence-electron chi connectivity index (χ1n) is 4.43. The van der Waals surface area contributed by atoms with Gasteiger partial charge in [-0.3, -0.25) is 0 Å². The Morgan fingerprint density at radius 2 is 1.83 bits per heavy atom. The van der Waals surface area contributed by atoms with Crippen molar-refractivity contribution in [2.75, 3.05) is 0 Å². The van der Waals surface area contributed by atoms with Gasteiger partial charge in [0.25, 0.3) is 0 Å². The van der Waals surface area contributed by atoms with E-state index < -0.39 is 0 Å². The van der Waals surface area contributed by atoms with Crippen molar-refractivity contribution in [2.45, 2.75) is 12.8 Å². The molecule has 0 heteroatoms. The highest BCUT2D eigenvalue weighted by molar-refractivity contribution is 5.83. The van der Waals surface area contributed by atoms with Gasteiger partial charge in [0, 0.05) is 0 Å². The zero-order chi connectivity index (χ0) is 7.97. The first-order valence-corrected chi connectivity index (χ1v) is 4.43. The summed E-state index contributed by atoms with van der Waals surface area (Å²) in [5, 5.41) is 0. The summed E-state index contributed by atoms with van der Waals surface area (Å²) < 4.78 is 0. The van der Waals surface area contributed by atoms with E-state index in [-0.39, 0.29) is 0 Å². The van der Waals surface area contributed by atoms with E-state index >= 15 is 0 Å². The summed E-state index contributed by atoms with van der Waals surface area (Å²) in [6.45, 7) is 0. The Bertz CT molecular complexity index is 394. The van der Waals surface area contributed by atoms with Gasteiger partial charge in [-0.1, -0.05) is 36.4 Å². The molecule has 0 aromatic heterocycles. The summed E-state index contributed by atoms with van der Waals surface area (Å²) in [6, 6.07) is 6.65. The number of benzene rings is 1. The van der Waals surface area contributed by atoms with E-state index in [1.165, 1.54) is 22.3 Å². The van der Waals surface area contributed by atoms with Crippen LogP contribution in [0.4, 0.5) is 0 Å². The predicted octanol–water partition coefficient (Wildman–Crippen LogP) is 2.74. The molecule has 12 heavy (non-hydrogen) atoms. The molecule has 1 aromatic carbocycles. The zero-order valence-corrected chi connectivity index (χ0v) is 6.88. The molecule has 0 amide bonds. The van der Waals surface area contributed by atoms with Crippen LogP contribution < -0.4 is 0 Å². The van der Waals surface area contributed by atoms with Crippen LogP contribution in [0.3, 0.4) is 0 Å². The molecule has 0 spiro atoms. The van der Waals surface area contributed by atoms with Crippen LogP contribution in [0.5, 0.6) is 0 Å². The van der Waals surface area contributed by atoms with Crippen molar-refractivity contribution in [1.29, 1.82) is 0 Å². The molecular formula is C12H10. The fourth-order valence-electron chi connectivity index (χ4n) is 2.15. The van der Waals surface area contributed by atoms with Gasteiger partial charge in [-0.15, -0.1) is 0 Å². The van der Waals surface area contributed by atoms with Crippen LogP contribution in [0.25, 0.3) is 5.57 Å². The summed E-state index contributed by atoms with van der Waals surface area (Å²) in [5.74, 6) is 0. The Hall–Kier alpha value is -1.30. The Kier molecular flexibility index (Phi) is 1.09. The quantitative estimate of drug-likeness (QED) is 0.539. The molecule has 0 heterocycles. The van der Waals surface area contributed by atoms with Crippen LogP contribution in [0.15, 0.2) is 36.4 Å². The first kappa shape index (κ1) is 6.24. The van der Waals surface area contributed by atoms with Crippen molar-refractivity contribution >= 4 is 5.57 Å². The number of allylic oxidation sites excluding steroid dienone is 4. The normalized spacial score (nSPS) is 17.5. The lowest BCUT2D eigenvalue weighted by atomic mass is 9.93. The molecule has 0 unspecified atom stereocenters. The zero-order valence-electron chi connectivity index (χ0n) is 6.88. The lowest BCUT2D eigenvalue weighted by Gasteiger charge is -2.12. The molecule has 0 saturated carbocycles. The molecule has 0 bridgehead atoms. The lowest BCUT2D eigenvalue weighted by Crippen LogP contribution is -1.95. The summed E-state index contributed by atoms with van der Waals surface area (Å²) in [7, 11) is 0. The Labute approximate surface area is 72.2 Å². The third-order valence-electron chi connectivity index (χ3n) is 2.70. The maximum atomic E-state index is 2.32. The largest absolute Gasteiger partial charge is 0.0795 e. The van der Waals surface area contributed by atoms with Crippen LogP contribution in [-0.2, 0) is 12.8 Å². The Balaban J connectivity index is 2.36. The minimum atomic E-state index is 1.11. The number of hydrogen-bond donors (Lipinski definition) is 0. The maximum absolute atomic E-state index is 2.32. The second kappa shape index (κ2) is 2.10. The van der Waals surface area contributed by atoms with Crippen LogP contribution in [0.1, 0.15) is 16.7 Å². The van der Waals surface area contributed by atoms with E-state index in [4.69, 9.17) is 0 Å². The average molecular weight is 154 g/mol. The molecule has 2 aliphatic rings. The molecule has 3 rings (SSSR count). The molecule has 0 fully saturated rings. The third-order valence-corrected chi connectivity index (χ3v) is 2.70. The molecule has 58 valence electrons. The molecule has 0 atom stereocenters. The molecular weight excluding hydrogens is 144 g/mol. The van der Waals surface area contributed by atoms with Gasteiger partial charge in [-0.05, 0) is 35.1 Å². The van der Waals surface area contributed by atoms with Crippen LogP contribution in [0.2, 0.25) is 0 Å². The molecule has 0 radical (unpaired) electrons. The first-order chi connectivity index (χ1) is 5.95. The fraction of sp³-hybridized carbons (Fsp3) is 0.167. The Morgan fingerprint density at radius 1 is 1.00 bits per heavy atom. The highest BCUT2D eigenvalue weighted by atomic mass is 14.2. The fourth-order valence-corrected chi connectivity index (χ4v) is 2.15. The SMILES string of the molecule is C1=CC2=CCc3cccc(c32)C1. The summed E-state index contributed by atoms with van der Waals surface area (Å²) in [4.78, 5) is 0. The minimum absolute atomic E-state index is 1.11. The topological polar surface area (TPSA) is 0 Å². The summed E-state index contributed by atoms with van der Waals surface area (Å²) in [5.41, 5.74) is 5.96. The molecule has 0 nitrogen and oxygen atoms in total. The van der Waals surface area contributed by atoms with Crippen LogP contribution in [0, 0.1) is 0 Å². The van der Waals surface area contributed by atoms with Crippen molar-refractivity contribution in [3.8, 4) is 0 Å². The van der Waals surface area contributed by atoms with Gasteiger partial charge in [-0.25, -0.2) is 0 Å². The van der Waals surface area contributed by atoms with Crippen molar-refractivity contribution in [3.63, 3.8) is 0 Å². The molecule has 0 saturated heterocycles. The van der Waals surface area contributed by atoms with Crippen LogP contribution in [-0.4, -0.2) is 0 Å². The molecule has 1 aromatic rings. The van der Waals surface area contributed by atoms with Crippen LogP contribution >= 0.6 is 0 Å². The van der Waals surface area contributed by atoms with Gasteiger partial charge in [0.1, 0.15) is 0 Å². The van der Waals surface area contributed by atoms with E-state index in [1.54, 1.807) is 0 Å². The third kappa shape index (κ3) is 0.672. The van der Waals surface area contributed by atoms with Gasteiger partial charge in [-0.2, -0.15) is 0 Å². The molecule has 2 aliphatic carbocycles. The summed E-state index contributed by atoms with van der Waals surface area (Å²) >= 11 is 0. The molecule has 0 N–H and O–H groups in total. The number of hydrogen-bond acceptors (Lipinski definition) is 0. The number of rotatable bonds is 0. The second-order valence-corrected chi connectivity index (χ2v) is 3.42. The van der Waals surface area contributed by atoms with Crippen molar-refractivity contribution in [2.24, 2.45) is 0 Å². The van der Waals surface area contributed by atoms with Crippen molar-refractivity contribution < 1.29 is 0 Å². The van der Waals surface area contributed by atoms with Gasteiger partial charge < -0.3 is 0 Å². The average Bonchev–Trinajstić information content (AvgIpc) is 2.52. The van der Waals surface area contributed by atoms with Crippen molar-refractivity contribution in [3.05, 3.63) is 53.1 Å². The monoisotopic (exact) mass is 154 g/mol. The predicted molar refractivity (Wildman–Crippen MR) is 51.0 cm³/mol. The smallest absolute Gasteiger partial charge is 0.00820 e. The Morgan fingerprint density at radius 3 is 2.75 bits per heavy atom. The summed E-state index contributed by atoms with van der Waals surface area (Å²) in [6.07, 6.45) is 9.06. The van der Waals surface area contributed by atoms with Gasteiger partial charge in [0.15, 0.2) is 0 Å². The highest BCUT2D eigenvalue weighted by Crippen LogP contribution is 2.34. The second-order valence-electron chi connectivity index (χ2n) is 3.42.